The summed E-state index contributed by atoms with van der Waals surface area (Å²) in [4.78, 5) is 10.5. The molecule has 5 atom stereocenters. The van der Waals surface area contributed by atoms with E-state index in [1.54, 1.807) is 6.92 Å². The van der Waals surface area contributed by atoms with Crippen molar-refractivity contribution in [3.05, 3.63) is 6.26 Å². The van der Waals surface area contributed by atoms with E-state index < -0.39 is 35.2 Å². The average molecular weight is 474 g/mol. The molecule has 0 bridgehead atoms. The van der Waals surface area contributed by atoms with Crippen molar-refractivity contribution in [2.75, 3.05) is 6.26 Å². The van der Waals surface area contributed by atoms with E-state index >= 15 is 0 Å². The monoisotopic (exact) mass is 474 g/mol. The van der Waals surface area contributed by atoms with Crippen LogP contribution < -0.4 is 134 Å². The maximum atomic E-state index is 10.7. The first kappa shape index (κ1) is 49.6. The Morgan fingerprint density at radius 1 is 1.00 bits per heavy atom. The summed E-state index contributed by atoms with van der Waals surface area (Å²) in [6, 6.07) is 0. The van der Waals surface area contributed by atoms with Crippen LogP contribution in [0.1, 0.15) is 60.3 Å². The van der Waals surface area contributed by atoms with Gasteiger partial charge in [-0.15, -0.1) is 29.1 Å². The van der Waals surface area contributed by atoms with Gasteiger partial charge < -0.3 is 25.2 Å². The van der Waals surface area contributed by atoms with Gasteiger partial charge in [0.15, 0.2) is 0 Å². The topological polar surface area (TPSA) is 133 Å². The van der Waals surface area contributed by atoms with Crippen LogP contribution in [0, 0.1) is 6.26 Å². The molecule has 5 unspecified atom stereocenters. The van der Waals surface area contributed by atoms with Crippen LogP contribution in [-0.2, 0) is 20.3 Å². The minimum Gasteiger partial charge on any atom is -0.852 e. The maximum Gasteiger partial charge on any atom is 1.00 e. The number of aliphatic hydroxyl groups is 1. The van der Waals surface area contributed by atoms with Crippen molar-refractivity contribution in [2.24, 2.45) is 0 Å². The summed E-state index contributed by atoms with van der Waals surface area (Å²) in [5.74, 6) is -0.280. The summed E-state index contributed by atoms with van der Waals surface area (Å²) >= 11 is 0. The van der Waals surface area contributed by atoms with Crippen molar-refractivity contribution < 1.29 is 152 Å². The van der Waals surface area contributed by atoms with Gasteiger partial charge in [-0.3, -0.25) is 15.3 Å². The molecule has 12 heteroatoms. The second kappa shape index (κ2) is 33.6. The maximum absolute atomic E-state index is 10.7. The second-order valence-electron chi connectivity index (χ2n) is 6.01. The first-order chi connectivity index (χ1) is 11.3. The molecule has 0 heterocycles. The Labute approximate surface area is 268 Å². The van der Waals surface area contributed by atoms with Crippen LogP contribution in [0.2, 0.25) is 0 Å². The Hall–Kier alpha value is 3.46. The molecule has 0 aliphatic heterocycles. The predicted molar refractivity (Wildman–Crippen MR) is 93.5 cm³/mol. The van der Waals surface area contributed by atoms with E-state index in [0.29, 0.717) is 6.42 Å². The van der Waals surface area contributed by atoms with Gasteiger partial charge >= 0.3 is 124 Å². The zero-order valence-corrected chi connectivity index (χ0v) is 29.0. The zero-order valence-electron chi connectivity index (χ0n) is 20.2. The Kier molecular flexibility index (Phi) is 57.5. The summed E-state index contributed by atoms with van der Waals surface area (Å²) in [7, 11) is -0.861. The van der Waals surface area contributed by atoms with Crippen LogP contribution in [0.3, 0.4) is 0 Å². The summed E-state index contributed by atoms with van der Waals surface area (Å²) < 4.78 is 14.4. The van der Waals surface area contributed by atoms with E-state index in [4.69, 9.17) is 9.84 Å². The predicted octanol–water partition coefficient (Wildman–Crippen LogP) is -12.7. The largest absolute Gasteiger partial charge is 1.00 e. The molecule has 0 aliphatic rings. The molecule has 0 aromatic rings. The van der Waals surface area contributed by atoms with Crippen LogP contribution in [0.4, 0.5) is 0 Å². The molecule has 7 nitrogen and oxygen atoms in total. The van der Waals surface area contributed by atoms with E-state index in [0.717, 1.165) is 6.42 Å². The summed E-state index contributed by atoms with van der Waals surface area (Å²) in [6.07, 6.45) is 2.91. The molecule has 0 fully saturated rings. The molecule has 0 aromatic carbocycles. The fraction of sp³-hybridized carbons (Fsp3) is 0.882. The third-order valence-electron chi connectivity index (χ3n) is 2.58. The molecular formula is C17H34Na4O7S. The number of rotatable bonds is 8. The van der Waals surface area contributed by atoms with Crippen molar-refractivity contribution in [1.82, 2.24) is 0 Å². The Morgan fingerprint density at radius 3 is 1.48 bits per heavy atom. The number of hydrogen-bond acceptors (Lipinski definition) is 7. The SMILES string of the molecule is CC([O-])CC([O-])CC(C)[O-].CCC(CC(C)O)OC(C)=O.[CH2-]S(C)=O.[Na+].[Na+].[Na+].[Na+]. The second-order valence-corrected chi connectivity index (χ2v) is 7.16. The first-order valence-electron chi connectivity index (χ1n) is 8.27. The normalized spacial score (nSPS) is 15.0. The van der Waals surface area contributed by atoms with Gasteiger partial charge in [-0.25, -0.2) is 0 Å². The third kappa shape index (κ3) is 59.3. The molecule has 0 aliphatic carbocycles. The number of aliphatic hydroxyl groups excluding tert-OH is 1. The number of esters is 1. The Bertz CT molecular complexity index is 336. The van der Waals surface area contributed by atoms with Gasteiger partial charge in [0.25, 0.3) is 0 Å². The van der Waals surface area contributed by atoms with Crippen molar-refractivity contribution in [2.45, 2.75) is 90.8 Å². The fourth-order valence-corrected chi connectivity index (χ4v) is 1.75. The molecule has 29 heavy (non-hydrogen) atoms. The van der Waals surface area contributed by atoms with Gasteiger partial charge in [0.1, 0.15) is 6.10 Å². The van der Waals surface area contributed by atoms with Gasteiger partial charge in [-0.05, 0) is 19.6 Å². The molecule has 1 N–H and O–H groups in total. The zero-order chi connectivity index (χ0) is 20.6. The van der Waals surface area contributed by atoms with Crippen LogP contribution >= 0.6 is 0 Å². The van der Waals surface area contributed by atoms with E-state index in [-0.39, 0.29) is 143 Å². The number of hydrogen-bond donors (Lipinski definition) is 1. The van der Waals surface area contributed by atoms with E-state index in [2.05, 4.69) is 6.26 Å². The van der Waals surface area contributed by atoms with Crippen LogP contribution in [0.25, 0.3) is 0 Å². The van der Waals surface area contributed by atoms with E-state index in [1.165, 1.54) is 27.0 Å². The van der Waals surface area contributed by atoms with E-state index in [1.807, 2.05) is 6.92 Å². The molecule has 0 rings (SSSR count). The summed E-state index contributed by atoms with van der Waals surface area (Å²) in [5, 5.41) is 40.6. The molecule has 0 radical (unpaired) electrons. The average Bonchev–Trinajstić information content (AvgIpc) is 2.34. The van der Waals surface area contributed by atoms with Crippen molar-refractivity contribution in [1.29, 1.82) is 0 Å². The molecule has 0 aromatic heterocycles. The van der Waals surface area contributed by atoms with Crippen LogP contribution in [0.15, 0.2) is 0 Å². The molecule has 0 spiro atoms. The number of carbonyl (C=O) groups excluding carboxylic acids is 1. The van der Waals surface area contributed by atoms with Gasteiger partial charge in [-0.2, -0.15) is 0 Å². The van der Waals surface area contributed by atoms with Crippen LogP contribution in [0.5, 0.6) is 0 Å². The Balaban J connectivity index is -0.0000000506. The van der Waals surface area contributed by atoms with Gasteiger partial charge in [-0.1, -0.05) is 33.6 Å². The first-order valence-corrected chi connectivity index (χ1v) is 10.00. The minimum absolute atomic E-state index is 0. The fourth-order valence-electron chi connectivity index (χ4n) is 1.75. The minimum atomic E-state index is -0.958. The molecule has 0 amide bonds. The van der Waals surface area contributed by atoms with Gasteiger partial charge in [0.2, 0.25) is 0 Å². The van der Waals surface area contributed by atoms with Crippen molar-refractivity contribution >= 4 is 16.8 Å². The quantitative estimate of drug-likeness (QED) is 0.210. The number of ether oxygens (including phenoxy) is 1. The van der Waals surface area contributed by atoms with Crippen molar-refractivity contribution in [3.63, 3.8) is 0 Å². The molecule has 0 saturated heterocycles. The standard InChI is InChI=1S/C8H16O3.C7H13O3.C2H5OS.4Na/c1-4-8(5-6(2)9)11-7(3)10;1-5(8)3-7(10)4-6(2)9;1-4(2)3;;;;/h6,8-9H,4-5H2,1-3H3;5-7H,3-4H2,1-2H3;1H2,2H3;;;;/q;-3;-1;4*+1. The molecule has 154 valence electrons. The van der Waals surface area contributed by atoms with Gasteiger partial charge in [0.05, 0.1) is 6.10 Å². The Morgan fingerprint density at radius 2 is 1.31 bits per heavy atom. The third-order valence-corrected chi connectivity index (χ3v) is 2.58. The smallest absolute Gasteiger partial charge is 0.852 e. The van der Waals surface area contributed by atoms with E-state index in [9.17, 15) is 24.3 Å². The molecular weight excluding hydrogens is 440 g/mol. The van der Waals surface area contributed by atoms with Crippen molar-refractivity contribution in [3.8, 4) is 0 Å². The summed E-state index contributed by atoms with van der Waals surface area (Å²) in [5.41, 5.74) is 0. The van der Waals surface area contributed by atoms with Gasteiger partial charge in [0, 0.05) is 13.3 Å². The summed E-state index contributed by atoms with van der Waals surface area (Å²) in [6.45, 7) is 7.88. The molecule has 0 saturated carbocycles. The number of carbonyl (C=O) groups is 1. The van der Waals surface area contributed by atoms with Crippen LogP contribution in [-0.4, -0.2) is 52.1 Å².